The van der Waals surface area contributed by atoms with Gasteiger partial charge in [-0.15, -0.1) is 0 Å². The molecule has 0 bridgehead atoms. The molecule has 2 rings (SSSR count). The summed E-state index contributed by atoms with van der Waals surface area (Å²) in [5.41, 5.74) is 0.108. The third-order valence-electron chi connectivity index (χ3n) is 3.32. The average molecular weight is 363 g/mol. The average Bonchev–Trinajstić information content (AvgIpc) is 2.41. The molecule has 1 aromatic rings. The summed E-state index contributed by atoms with van der Waals surface area (Å²) in [6, 6.07) is 1.91. The van der Waals surface area contributed by atoms with E-state index in [1.165, 1.54) is 0 Å². The lowest BCUT2D eigenvalue weighted by Crippen LogP contribution is -2.41. The van der Waals surface area contributed by atoms with Crippen molar-refractivity contribution in [1.29, 1.82) is 0 Å². The summed E-state index contributed by atoms with van der Waals surface area (Å²) < 4.78 is 13.7. The first-order chi connectivity index (χ1) is 7.73. The Morgan fingerprint density at radius 2 is 1.59 bits per heavy atom. The van der Waals surface area contributed by atoms with Crippen LogP contribution in [0.3, 0.4) is 0 Å². The predicted molar refractivity (Wildman–Crippen MR) is 75.4 cm³/mol. The molecule has 0 saturated carbocycles. The van der Waals surface area contributed by atoms with E-state index in [2.05, 4.69) is 36.8 Å². The van der Waals surface area contributed by atoms with Gasteiger partial charge >= 0.3 is 7.12 Å². The van der Waals surface area contributed by atoms with Gasteiger partial charge in [-0.3, -0.25) is 4.98 Å². The quantitative estimate of drug-likeness (QED) is 0.720. The highest BCUT2D eigenvalue weighted by Gasteiger charge is 2.52. The highest BCUT2D eigenvalue weighted by Crippen LogP contribution is 2.36. The van der Waals surface area contributed by atoms with Gasteiger partial charge in [-0.25, -0.2) is 0 Å². The van der Waals surface area contributed by atoms with E-state index >= 15 is 0 Å². The Bertz CT molecular complexity index is 435. The Morgan fingerprint density at radius 3 is 2.06 bits per heavy atom. The van der Waals surface area contributed by atoms with E-state index in [0.717, 1.165) is 14.5 Å². The molecule has 2 heterocycles. The van der Waals surface area contributed by atoms with Crippen molar-refractivity contribution in [2.45, 2.75) is 38.9 Å². The summed E-state index contributed by atoms with van der Waals surface area (Å²) in [6.07, 6.45) is 1.74. The van der Waals surface area contributed by atoms with Crippen LogP contribution in [-0.2, 0) is 9.31 Å². The highest BCUT2D eigenvalue weighted by atomic mass is 79.9. The number of pyridine rings is 1. The Kier molecular flexibility index (Phi) is 3.45. The normalized spacial score (nSPS) is 21.9. The molecule has 0 radical (unpaired) electrons. The van der Waals surface area contributed by atoms with Crippen LogP contribution in [0.2, 0.25) is 0 Å². The summed E-state index contributed by atoms with van der Waals surface area (Å²) in [6.45, 7) is 8.11. The minimum atomic E-state index is -0.413. The number of aromatic nitrogens is 1. The maximum atomic E-state index is 5.92. The van der Waals surface area contributed by atoms with Crippen LogP contribution < -0.4 is 5.59 Å². The van der Waals surface area contributed by atoms with Gasteiger partial charge in [0.2, 0.25) is 0 Å². The van der Waals surface area contributed by atoms with Crippen molar-refractivity contribution in [2.75, 3.05) is 0 Å². The van der Waals surface area contributed by atoms with Crippen LogP contribution in [-0.4, -0.2) is 23.3 Å². The largest absolute Gasteiger partial charge is 0.514 e. The molecule has 0 spiro atoms. The third-order valence-corrected chi connectivity index (χ3v) is 5.14. The van der Waals surface area contributed by atoms with Crippen LogP contribution in [0.5, 0.6) is 0 Å². The molecule has 92 valence electrons. The Labute approximate surface area is 119 Å². The summed E-state index contributed by atoms with van der Waals surface area (Å²) in [5, 5.41) is 0. The molecule has 0 amide bonds. The monoisotopic (exact) mass is 361 g/mol. The third kappa shape index (κ3) is 2.45. The second kappa shape index (κ2) is 4.33. The highest BCUT2D eigenvalue weighted by molar-refractivity contribution is 9.13. The molecule has 1 aliphatic rings. The molecule has 17 heavy (non-hydrogen) atoms. The molecule has 0 aromatic carbocycles. The molecule has 1 fully saturated rings. The molecular formula is C11H14BBr2NO2. The molecule has 1 saturated heterocycles. The van der Waals surface area contributed by atoms with Crippen LogP contribution in [0.15, 0.2) is 21.2 Å². The zero-order valence-corrected chi connectivity index (χ0v) is 13.4. The van der Waals surface area contributed by atoms with E-state index in [-0.39, 0.29) is 11.2 Å². The van der Waals surface area contributed by atoms with Crippen molar-refractivity contribution in [3.8, 4) is 0 Å². The van der Waals surface area contributed by atoms with Gasteiger partial charge in [0.15, 0.2) is 0 Å². The van der Waals surface area contributed by atoms with Crippen molar-refractivity contribution >= 4 is 44.6 Å². The molecule has 1 aromatic heterocycles. The maximum Gasteiger partial charge on any atom is 0.514 e. The fourth-order valence-corrected chi connectivity index (χ4v) is 2.08. The van der Waals surface area contributed by atoms with Crippen molar-refractivity contribution < 1.29 is 9.31 Å². The lowest BCUT2D eigenvalue weighted by molar-refractivity contribution is 0.00578. The molecule has 0 N–H and O–H groups in total. The number of halogens is 2. The van der Waals surface area contributed by atoms with Crippen LogP contribution >= 0.6 is 31.9 Å². The van der Waals surface area contributed by atoms with E-state index in [4.69, 9.17) is 9.31 Å². The zero-order chi connectivity index (χ0) is 12.8. The Hall–Kier alpha value is 0.0949. The van der Waals surface area contributed by atoms with Gasteiger partial charge in [0.25, 0.3) is 0 Å². The maximum absolute atomic E-state index is 5.92. The van der Waals surface area contributed by atoms with Gasteiger partial charge in [-0.2, -0.15) is 0 Å². The summed E-state index contributed by atoms with van der Waals surface area (Å²) in [4.78, 5) is 4.33. The van der Waals surface area contributed by atoms with Gasteiger partial charge in [0.05, 0.1) is 16.8 Å². The summed E-state index contributed by atoms with van der Waals surface area (Å²) in [7, 11) is -0.413. The van der Waals surface area contributed by atoms with Crippen molar-refractivity contribution in [3.05, 3.63) is 21.2 Å². The first kappa shape index (κ1) is 13.5. The van der Waals surface area contributed by atoms with Crippen LogP contribution in [0.25, 0.3) is 0 Å². The zero-order valence-electron chi connectivity index (χ0n) is 10.3. The fraction of sp³-hybridized carbons (Fsp3) is 0.545. The van der Waals surface area contributed by atoms with Crippen LogP contribution in [0, 0.1) is 0 Å². The van der Waals surface area contributed by atoms with Gasteiger partial charge in [0, 0.05) is 15.1 Å². The second-order valence-corrected chi connectivity index (χ2v) is 6.82. The molecule has 6 heteroatoms. The molecule has 0 aliphatic carbocycles. The SMILES string of the molecule is CC1(C)OB(c2cc(Br)c(Br)cn2)OC1(C)C. The lowest BCUT2D eigenvalue weighted by atomic mass is 9.84. The predicted octanol–water partition coefficient (Wildman–Crippen LogP) is 2.91. The second-order valence-electron chi connectivity index (χ2n) is 5.11. The van der Waals surface area contributed by atoms with Crippen LogP contribution in [0.4, 0.5) is 0 Å². The first-order valence-corrected chi connectivity index (χ1v) is 6.98. The van der Waals surface area contributed by atoms with Gasteiger partial charge in [0.1, 0.15) is 0 Å². The fourth-order valence-electron chi connectivity index (χ4n) is 1.52. The van der Waals surface area contributed by atoms with Crippen molar-refractivity contribution in [1.82, 2.24) is 4.98 Å². The van der Waals surface area contributed by atoms with Gasteiger partial charge in [-0.05, 0) is 65.6 Å². The van der Waals surface area contributed by atoms with Gasteiger partial charge < -0.3 is 9.31 Å². The van der Waals surface area contributed by atoms with Gasteiger partial charge in [-0.1, -0.05) is 0 Å². The summed E-state index contributed by atoms with van der Waals surface area (Å²) in [5.74, 6) is 0. The molecule has 1 aliphatic heterocycles. The van der Waals surface area contributed by atoms with E-state index in [1.807, 2.05) is 33.8 Å². The van der Waals surface area contributed by atoms with E-state index in [1.54, 1.807) is 6.20 Å². The molecule has 0 atom stereocenters. The molecular weight excluding hydrogens is 349 g/mol. The topological polar surface area (TPSA) is 31.4 Å². The van der Waals surface area contributed by atoms with E-state index < -0.39 is 7.12 Å². The summed E-state index contributed by atoms with van der Waals surface area (Å²) >= 11 is 6.84. The number of rotatable bonds is 1. The molecule has 0 unspecified atom stereocenters. The number of hydrogen-bond donors (Lipinski definition) is 0. The van der Waals surface area contributed by atoms with Crippen LogP contribution in [0.1, 0.15) is 27.7 Å². The van der Waals surface area contributed by atoms with E-state index in [0.29, 0.717) is 0 Å². The Morgan fingerprint density at radius 1 is 1.06 bits per heavy atom. The molecule has 3 nitrogen and oxygen atoms in total. The van der Waals surface area contributed by atoms with Crippen molar-refractivity contribution in [3.63, 3.8) is 0 Å². The first-order valence-electron chi connectivity index (χ1n) is 5.39. The van der Waals surface area contributed by atoms with E-state index in [9.17, 15) is 0 Å². The van der Waals surface area contributed by atoms with Crippen molar-refractivity contribution in [2.24, 2.45) is 0 Å². The number of nitrogens with zero attached hydrogens (tertiary/aromatic N) is 1. The number of hydrogen-bond acceptors (Lipinski definition) is 3. The Balaban J connectivity index is 2.29. The lowest BCUT2D eigenvalue weighted by Gasteiger charge is -2.32. The minimum Gasteiger partial charge on any atom is -0.398 e. The minimum absolute atomic E-state index is 0.334. The standard InChI is InChI=1S/C11H14BBr2NO2/c1-10(2)11(3,4)17-12(16-10)9-5-7(13)8(14)6-15-9/h5-6H,1-4H3. The smallest absolute Gasteiger partial charge is 0.398 e.